The van der Waals surface area contributed by atoms with E-state index in [9.17, 15) is 9.59 Å². The Labute approximate surface area is 163 Å². The highest BCUT2D eigenvalue weighted by molar-refractivity contribution is 6.31. The van der Waals surface area contributed by atoms with Crippen LogP contribution in [0.4, 0.5) is 5.69 Å². The fourth-order valence-corrected chi connectivity index (χ4v) is 3.82. The van der Waals surface area contributed by atoms with Crippen molar-refractivity contribution in [3.63, 3.8) is 0 Å². The third kappa shape index (κ3) is 3.77. The Morgan fingerprint density at radius 3 is 2.48 bits per heavy atom. The molecule has 0 saturated carbocycles. The lowest BCUT2D eigenvalue weighted by atomic mass is 9.92. The molecule has 6 nitrogen and oxygen atoms in total. The largest absolute Gasteiger partial charge is 0.374 e. The molecule has 0 spiro atoms. The Bertz CT molecular complexity index is 852. The van der Waals surface area contributed by atoms with Gasteiger partial charge in [-0.25, -0.2) is 5.48 Å². The van der Waals surface area contributed by atoms with Crippen molar-refractivity contribution in [2.24, 2.45) is 0 Å². The fourth-order valence-electron chi connectivity index (χ4n) is 3.46. The molecule has 1 saturated heterocycles. The van der Waals surface area contributed by atoms with E-state index in [-0.39, 0.29) is 11.9 Å². The summed E-state index contributed by atoms with van der Waals surface area (Å²) in [4.78, 5) is 26.2. The minimum absolute atomic E-state index is 0.0112. The van der Waals surface area contributed by atoms with E-state index in [2.05, 4.69) is 5.32 Å². The molecule has 1 heterocycles. The number of carbonyl (C=O) groups excluding carboxylic acids is 2. The SMILES string of the molecule is CC(C)(c1ccccc1Cl)N1CCC(Nc2ccc(C(=O)NO)cc2)C1=O. The molecule has 2 amide bonds. The van der Waals surface area contributed by atoms with Crippen molar-refractivity contribution < 1.29 is 14.8 Å². The van der Waals surface area contributed by atoms with Gasteiger partial charge in [0.25, 0.3) is 5.91 Å². The van der Waals surface area contributed by atoms with Gasteiger partial charge in [0.15, 0.2) is 0 Å². The highest BCUT2D eigenvalue weighted by Gasteiger charge is 2.41. The second-order valence-corrected chi connectivity index (χ2v) is 7.44. The van der Waals surface area contributed by atoms with E-state index in [1.807, 2.05) is 43.0 Å². The number of benzene rings is 2. The van der Waals surface area contributed by atoms with Crippen LogP contribution < -0.4 is 10.8 Å². The van der Waals surface area contributed by atoms with Crippen molar-refractivity contribution in [1.82, 2.24) is 10.4 Å². The fraction of sp³-hybridized carbons (Fsp3) is 0.300. The lowest BCUT2D eigenvalue weighted by Gasteiger charge is -2.37. The predicted molar refractivity (Wildman–Crippen MR) is 104 cm³/mol. The van der Waals surface area contributed by atoms with Crippen LogP contribution in [0.15, 0.2) is 48.5 Å². The molecule has 1 atom stereocenters. The third-order valence-corrected chi connectivity index (χ3v) is 5.33. The molecule has 2 aromatic carbocycles. The summed E-state index contributed by atoms with van der Waals surface area (Å²) >= 11 is 6.35. The maximum atomic E-state index is 13.0. The molecule has 0 radical (unpaired) electrons. The van der Waals surface area contributed by atoms with Crippen molar-refractivity contribution >= 4 is 29.1 Å². The van der Waals surface area contributed by atoms with E-state index < -0.39 is 11.4 Å². The summed E-state index contributed by atoms with van der Waals surface area (Å²) in [5.74, 6) is -0.566. The van der Waals surface area contributed by atoms with Gasteiger partial charge < -0.3 is 10.2 Å². The average molecular weight is 388 g/mol. The normalized spacial score (nSPS) is 17.1. The molecule has 0 aliphatic carbocycles. The summed E-state index contributed by atoms with van der Waals surface area (Å²) in [5, 5.41) is 12.5. The van der Waals surface area contributed by atoms with Gasteiger partial charge in [-0.3, -0.25) is 14.8 Å². The molecular formula is C20H22ClN3O3. The van der Waals surface area contributed by atoms with E-state index in [0.717, 1.165) is 11.3 Å². The van der Waals surface area contributed by atoms with Gasteiger partial charge in [-0.2, -0.15) is 0 Å². The summed E-state index contributed by atoms with van der Waals surface area (Å²) in [6, 6.07) is 13.8. The molecule has 1 aliphatic rings. The Balaban J connectivity index is 1.73. The third-order valence-electron chi connectivity index (χ3n) is 5.00. The molecule has 3 rings (SSSR count). The Hall–Kier alpha value is -2.57. The first-order valence-corrected chi connectivity index (χ1v) is 9.10. The van der Waals surface area contributed by atoms with Crippen LogP contribution in [-0.4, -0.2) is 34.5 Å². The van der Waals surface area contributed by atoms with Gasteiger partial charge in [0, 0.05) is 22.8 Å². The van der Waals surface area contributed by atoms with Crippen LogP contribution in [0.1, 0.15) is 36.2 Å². The Morgan fingerprint density at radius 1 is 1.19 bits per heavy atom. The highest BCUT2D eigenvalue weighted by Crippen LogP contribution is 2.36. The Morgan fingerprint density at radius 2 is 1.85 bits per heavy atom. The van der Waals surface area contributed by atoms with Crippen LogP contribution in [0.3, 0.4) is 0 Å². The van der Waals surface area contributed by atoms with E-state index in [1.165, 1.54) is 0 Å². The zero-order chi connectivity index (χ0) is 19.6. The van der Waals surface area contributed by atoms with Crippen LogP contribution in [-0.2, 0) is 10.3 Å². The summed E-state index contributed by atoms with van der Waals surface area (Å²) in [6.07, 6.45) is 0.672. The summed E-state index contributed by atoms with van der Waals surface area (Å²) < 4.78 is 0. The summed E-state index contributed by atoms with van der Waals surface area (Å²) in [6.45, 7) is 4.62. The molecule has 0 bridgehead atoms. The van der Waals surface area contributed by atoms with Crippen molar-refractivity contribution in [2.75, 3.05) is 11.9 Å². The van der Waals surface area contributed by atoms with E-state index in [0.29, 0.717) is 23.6 Å². The molecule has 27 heavy (non-hydrogen) atoms. The molecular weight excluding hydrogens is 366 g/mol. The number of anilines is 1. The lowest BCUT2D eigenvalue weighted by molar-refractivity contribution is -0.133. The molecule has 0 aromatic heterocycles. The number of nitrogens with zero attached hydrogens (tertiary/aromatic N) is 1. The lowest BCUT2D eigenvalue weighted by Crippen LogP contribution is -2.45. The molecule has 3 N–H and O–H groups in total. The maximum Gasteiger partial charge on any atom is 0.274 e. The monoisotopic (exact) mass is 387 g/mol. The van der Waals surface area contributed by atoms with Gasteiger partial charge in [-0.15, -0.1) is 0 Å². The first-order valence-electron chi connectivity index (χ1n) is 8.72. The number of amides is 2. The zero-order valence-electron chi connectivity index (χ0n) is 15.2. The number of halogens is 1. The van der Waals surface area contributed by atoms with Crippen LogP contribution in [0.25, 0.3) is 0 Å². The number of hydrogen-bond acceptors (Lipinski definition) is 4. The highest BCUT2D eigenvalue weighted by atomic mass is 35.5. The number of hydroxylamine groups is 1. The van der Waals surface area contributed by atoms with Gasteiger partial charge >= 0.3 is 0 Å². The zero-order valence-corrected chi connectivity index (χ0v) is 16.0. The second-order valence-electron chi connectivity index (χ2n) is 7.03. The van der Waals surface area contributed by atoms with Gasteiger partial charge in [0.1, 0.15) is 6.04 Å². The van der Waals surface area contributed by atoms with Crippen LogP contribution in [0.2, 0.25) is 5.02 Å². The first-order chi connectivity index (χ1) is 12.8. The number of likely N-dealkylation sites (tertiary alicyclic amines) is 1. The second kappa shape index (κ2) is 7.58. The predicted octanol–water partition coefficient (Wildman–Crippen LogP) is 3.41. The Kier molecular flexibility index (Phi) is 5.39. The number of hydrogen-bond donors (Lipinski definition) is 3. The van der Waals surface area contributed by atoms with Crippen molar-refractivity contribution in [1.29, 1.82) is 0 Å². The molecule has 1 fully saturated rings. The molecule has 7 heteroatoms. The molecule has 1 aliphatic heterocycles. The first kappa shape index (κ1) is 19.2. The standard InChI is InChI=1S/C20H22ClN3O3/c1-20(2,15-5-3-4-6-16(15)21)24-12-11-17(19(24)26)22-14-9-7-13(8-10-14)18(25)23-27/h3-10,17,22,27H,11-12H2,1-2H3,(H,23,25). The minimum Gasteiger partial charge on any atom is -0.374 e. The maximum absolute atomic E-state index is 13.0. The topological polar surface area (TPSA) is 81.7 Å². The van der Waals surface area contributed by atoms with Crippen LogP contribution in [0, 0.1) is 0 Å². The molecule has 142 valence electrons. The number of carbonyl (C=O) groups is 2. The van der Waals surface area contributed by atoms with E-state index in [1.54, 1.807) is 29.7 Å². The average Bonchev–Trinajstić information content (AvgIpc) is 3.03. The molecule has 1 unspecified atom stereocenters. The van der Waals surface area contributed by atoms with Crippen LogP contribution in [0.5, 0.6) is 0 Å². The molecule has 2 aromatic rings. The van der Waals surface area contributed by atoms with Gasteiger partial charge in [0.05, 0.1) is 5.54 Å². The summed E-state index contributed by atoms with van der Waals surface area (Å²) in [5.41, 5.74) is 3.06. The van der Waals surface area contributed by atoms with Gasteiger partial charge in [0.2, 0.25) is 5.91 Å². The minimum atomic E-state index is -0.578. The van der Waals surface area contributed by atoms with Gasteiger partial charge in [-0.1, -0.05) is 29.8 Å². The van der Waals surface area contributed by atoms with Gasteiger partial charge in [-0.05, 0) is 56.2 Å². The van der Waals surface area contributed by atoms with Crippen molar-refractivity contribution in [3.05, 3.63) is 64.7 Å². The smallest absolute Gasteiger partial charge is 0.274 e. The quantitative estimate of drug-likeness (QED) is 0.542. The van der Waals surface area contributed by atoms with E-state index in [4.69, 9.17) is 16.8 Å². The van der Waals surface area contributed by atoms with Crippen LogP contribution >= 0.6 is 11.6 Å². The number of rotatable bonds is 5. The number of nitrogens with one attached hydrogen (secondary N) is 2. The van der Waals surface area contributed by atoms with E-state index >= 15 is 0 Å². The van der Waals surface area contributed by atoms with Crippen molar-refractivity contribution in [2.45, 2.75) is 31.8 Å². The van der Waals surface area contributed by atoms with Crippen molar-refractivity contribution in [3.8, 4) is 0 Å². The summed E-state index contributed by atoms with van der Waals surface area (Å²) in [7, 11) is 0.